The van der Waals surface area contributed by atoms with Gasteiger partial charge in [0.15, 0.2) is 6.10 Å². The number of para-hydroxylation sites is 1. The maximum absolute atomic E-state index is 12.5. The fraction of sp³-hybridized carbons (Fsp3) is 0.200. The fourth-order valence-corrected chi connectivity index (χ4v) is 2.96. The van der Waals surface area contributed by atoms with Crippen LogP contribution in [0.5, 0.6) is 5.75 Å². The summed E-state index contributed by atoms with van der Waals surface area (Å²) >= 11 is 0. The molecule has 0 spiro atoms. The largest absolute Gasteiger partial charge is 0.493 e. The molecule has 0 unspecified atom stereocenters. The van der Waals surface area contributed by atoms with E-state index < -0.39 is 12.1 Å². The Morgan fingerprint density at radius 3 is 2.43 bits per heavy atom. The predicted octanol–water partition coefficient (Wildman–Crippen LogP) is 5.00. The van der Waals surface area contributed by atoms with Crippen LogP contribution in [0.25, 0.3) is 11.1 Å². The second kappa shape index (κ2) is 10.3. The number of carbonyl (C=O) groups is 2. The maximum Gasteiger partial charge on any atom is 0.310 e. The lowest BCUT2D eigenvalue weighted by atomic mass is 10.0. The molecule has 3 aromatic carbocycles. The molecule has 0 fully saturated rings. The molecule has 0 saturated heterocycles. The second-order valence-corrected chi connectivity index (χ2v) is 6.95. The van der Waals surface area contributed by atoms with Gasteiger partial charge in [-0.1, -0.05) is 60.7 Å². The molecule has 5 nitrogen and oxygen atoms in total. The normalized spacial score (nSPS) is 11.4. The molecular formula is C25H25NO4. The molecule has 0 aromatic heterocycles. The van der Waals surface area contributed by atoms with E-state index in [9.17, 15) is 9.59 Å². The minimum Gasteiger partial charge on any atom is -0.493 e. The molecule has 0 aliphatic heterocycles. The number of hydrogen-bond acceptors (Lipinski definition) is 4. The standard InChI is InChI=1S/C25H25NO4/c1-18-9-8-12-21(17-18)29-16-15-24(27)30-19(2)25(28)26-23-14-7-6-13-22(23)20-10-4-3-5-11-20/h3-14,17,19H,15-16H2,1-2H3,(H,26,28)/t19-/m1/s1. The van der Waals surface area contributed by atoms with Crippen molar-refractivity contribution in [1.82, 2.24) is 0 Å². The molecule has 154 valence electrons. The van der Waals surface area contributed by atoms with Crippen molar-refractivity contribution in [3.05, 3.63) is 84.4 Å². The Kier molecular flexibility index (Phi) is 7.22. The Balaban J connectivity index is 1.52. The van der Waals surface area contributed by atoms with E-state index in [1.54, 1.807) is 6.92 Å². The minimum absolute atomic E-state index is 0.0617. The third kappa shape index (κ3) is 5.95. The van der Waals surface area contributed by atoms with Crippen molar-refractivity contribution in [1.29, 1.82) is 0 Å². The van der Waals surface area contributed by atoms with Crippen LogP contribution < -0.4 is 10.1 Å². The average molecular weight is 403 g/mol. The van der Waals surface area contributed by atoms with Crippen LogP contribution in [0, 0.1) is 6.92 Å². The summed E-state index contributed by atoms with van der Waals surface area (Å²) in [6.07, 6.45) is -0.855. The number of carbonyl (C=O) groups excluding carboxylic acids is 2. The first-order chi connectivity index (χ1) is 14.5. The van der Waals surface area contributed by atoms with E-state index in [0.29, 0.717) is 11.4 Å². The first kappa shape index (κ1) is 21.1. The van der Waals surface area contributed by atoms with Gasteiger partial charge in [0.05, 0.1) is 13.0 Å². The first-order valence-electron chi connectivity index (χ1n) is 9.87. The zero-order valence-electron chi connectivity index (χ0n) is 17.1. The van der Waals surface area contributed by atoms with Crippen molar-refractivity contribution >= 4 is 17.6 Å². The molecule has 1 amide bonds. The monoisotopic (exact) mass is 403 g/mol. The van der Waals surface area contributed by atoms with E-state index >= 15 is 0 Å². The molecule has 1 N–H and O–H groups in total. The zero-order valence-corrected chi connectivity index (χ0v) is 17.1. The molecule has 1 atom stereocenters. The van der Waals surface area contributed by atoms with Gasteiger partial charge >= 0.3 is 5.97 Å². The number of anilines is 1. The van der Waals surface area contributed by atoms with Gasteiger partial charge in [0.1, 0.15) is 5.75 Å². The van der Waals surface area contributed by atoms with Crippen LogP contribution in [0.15, 0.2) is 78.9 Å². The molecule has 0 heterocycles. The molecule has 3 rings (SSSR count). The lowest BCUT2D eigenvalue weighted by Crippen LogP contribution is -2.30. The summed E-state index contributed by atoms with van der Waals surface area (Å²) in [5, 5.41) is 2.85. The van der Waals surface area contributed by atoms with Gasteiger partial charge in [0.25, 0.3) is 5.91 Å². The number of amides is 1. The van der Waals surface area contributed by atoms with Crippen molar-refractivity contribution < 1.29 is 19.1 Å². The second-order valence-electron chi connectivity index (χ2n) is 6.95. The lowest BCUT2D eigenvalue weighted by Gasteiger charge is -2.16. The number of rotatable bonds is 8. The van der Waals surface area contributed by atoms with E-state index in [1.807, 2.05) is 85.8 Å². The third-order valence-corrected chi connectivity index (χ3v) is 4.51. The van der Waals surface area contributed by atoms with Gasteiger partial charge in [-0.2, -0.15) is 0 Å². The maximum atomic E-state index is 12.5. The van der Waals surface area contributed by atoms with Gasteiger partial charge in [-0.25, -0.2) is 0 Å². The summed E-state index contributed by atoms with van der Waals surface area (Å²) in [4.78, 5) is 24.6. The molecule has 0 bridgehead atoms. The van der Waals surface area contributed by atoms with Crippen LogP contribution in [0.4, 0.5) is 5.69 Å². The van der Waals surface area contributed by atoms with Crippen LogP contribution in [0.2, 0.25) is 0 Å². The van der Waals surface area contributed by atoms with Crippen molar-refractivity contribution in [3.63, 3.8) is 0 Å². The highest BCUT2D eigenvalue weighted by Crippen LogP contribution is 2.27. The number of nitrogens with one attached hydrogen (secondary N) is 1. The number of esters is 1. The quantitative estimate of drug-likeness (QED) is 0.538. The molecule has 5 heteroatoms. The fourth-order valence-electron chi connectivity index (χ4n) is 2.96. The number of aryl methyl sites for hydroxylation is 1. The average Bonchev–Trinajstić information content (AvgIpc) is 2.75. The summed E-state index contributed by atoms with van der Waals surface area (Å²) in [5.74, 6) is -0.168. The Morgan fingerprint density at radius 2 is 1.67 bits per heavy atom. The summed E-state index contributed by atoms with van der Waals surface area (Å²) < 4.78 is 10.8. The highest BCUT2D eigenvalue weighted by Gasteiger charge is 2.19. The first-order valence-corrected chi connectivity index (χ1v) is 9.87. The van der Waals surface area contributed by atoms with Crippen LogP contribution in [0.1, 0.15) is 18.9 Å². The van der Waals surface area contributed by atoms with Gasteiger partial charge in [-0.3, -0.25) is 9.59 Å². The number of hydrogen-bond donors (Lipinski definition) is 1. The van der Waals surface area contributed by atoms with Crippen LogP contribution in [0.3, 0.4) is 0 Å². The van der Waals surface area contributed by atoms with E-state index in [1.165, 1.54) is 0 Å². The lowest BCUT2D eigenvalue weighted by molar-refractivity contribution is -0.153. The Labute approximate surface area is 176 Å². The molecule has 0 aliphatic rings. The molecule has 3 aromatic rings. The number of ether oxygens (including phenoxy) is 2. The van der Waals surface area contributed by atoms with Gasteiger partial charge in [0.2, 0.25) is 0 Å². The van der Waals surface area contributed by atoms with Crippen molar-refractivity contribution in [2.45, 2.75) is 26.4 Å². The van der Waals surface area contributed by atoms with Crippen molar-refractivity contribution in [2.24, 2.45) is 0 Å². The van der Waals surface area contributed by atoms with Gasteiger partial charge in [0, 0.05) is 11.3 Å². The van der Waals surface area contributed by atoms with Gasteiger partial charge in [-0.15, -0.1) is 0 Å². The Morgan fingerprint density at radius 1 is 0.933 bits per heavy atom. The highest BCUT2D eigenvalue weighted by atomic mass is 16.5. The van der Waals surface area contributed by atoms with E-state index in [2.05, 4.69) is 5.32 Å². The summed E-state index contributed by atoms with van der Waals surface area (Å²) in [5.41, 5.74) is 3.64. The molecule has 0 radical (unpaired) electrons. The van der Waals surface area contributed by atoms with Crippen LogP contribution >= 0.6 is 0 Å². The number of benzene rings is 3. The van der Waals surface area contributed by atoms with Crippen LogP contribution in [-0.4, -0.2) is 24.6 Å². The van der Waals surface area contributed by atoms with Crippen molar-refractivity contribution in [2.75, 3.05) is 11.9 Å². The van der Waals surface area contributed by atoms with E-state index in [-0.39, 0.29) is 18.9 Å². The molecule has 0 saturated carbocycles. The Hall–Kier alpha value is -3.60. The SMILES string of the molecule is Cc1cccc(OCCC(=O)O[C@H](C)C(=O)Nc2ccccc2-c2ccccc2)c1. The third-order valence-electron chi connectivity index (χ3n) is 4.51. The van der Waals surface area contributed by atoms with Crippen LogP contribution in [-0.2, 0) is 14.3 Å². The summed E-state index contributed by atoms with van der Waals surface area (Å²) in [6.45, 7) is 3.71. The van der Waals surface area contributed by atoms with Gasteiger partial charge < -0.3 is 14.8 Å². The topological polar surface area (TPSA) is 64.6 Å². The smallest absolute Gasteiger partial charge is 0.310 e. The molecule has 0 aliphatic carbocycles. The van der Waals surface area contributed by atoms with Crippen molar-refractivity contribution in [3.8, 4) is 16.9 Å². The Bertz CT molecular complexity index is 1000. The van der Waals surface area contributed by atoms with E-state index in [4.69, 9.17) is 9.47 Å². The van der Waals surface area contributed by atoms with Gasteiger partial charge in [-0.05, 0) is 43.2 Å². The minimum atomic E-state index is -0.916. The predicted molar refractivity (Wildman–Crippen MR) is 117 cm³/mol. The molecular weight excluding hydrogens is 378 g/mol. The zero-order chi connectivity index (χ0) is 21.3. The summed E-state index contributed by atoms with van der Waals surface area (Å²) in [7, 11) is 0. The summed E-state index contributed by atoms with van der Waals surface area (Å²) in [6, 6.07) is 24.9. The molecule has 30 heavy (non-hydrogen) atoms. The van der Waals surface area contributed by atoms with E-state index in [0.717, 1.165) is 16.7 Å². The highest BCUT2D eigenvalue weighted by molar-refractivity contribution is 5.98.